The number of carbonyl (C=O) groups is 2. The number of nitrogens with one attached hydrogen (secondary N) is 2. The van der Waals surface area contributed by atoms with Gasteiger partial charge in [0.15, 0.2) is 5.69 Å². The van der Waals surface area contributed by atoms with Crippen LogP contribution in [0.3, 0.4) is 0 Å². The molecule has 156 valence electrons. The summed E-state index contributed by atoms with van der Waals surface area (Å²) in [4.78, 5) is 25.8. The first kappa shape index (κ1) is 19.5. The first-order valence-corrected chi connectivity index (χ1v) is 10.2. The third-order valence-electron chi connectivity index (χ3n) is 5.42. The van der Waals surface area contributed by atoms with Crippen LogP contribution in [-0.4, -0.2) is 21.6 Å². The van der Waals surface area contributed by atoms with E-state index < -0.39 is 0 Å². The molecule has 1 heterocycles. The Kier molecular flexibility index (Phi) is 4.88. The Labute approximate surface area is 184 Å². The third kappa shape index (κ3) is 3.58. The first-order chi connectivity index (χ1) is 15.6. The van der Waals surface area contributed by atoms with Crippen molar-refractivity contribution in [1.29, 1.82) is 0 Å². The minimum absolute atomic E-state index is 0.170. The van der Waals surface area contributed by atoms with E-state index in [0.717, 1.165) is 21.5 Å². The highest BCUT2D eigenvalue weighted by Crippen LogP contribution is 2.25. The van der Waals surface area contributed by atoms with E-state index in [1.807, 2.05) is 84.9 Å². The van der Waals surface area contributed by atoms with Crippen LogP contribution in [0, 0.1) is 0 Å². The maximum Gasteiger partial charge on any atom is 0.276 e. The van der Waals surface area contributed by atoms with Gasteiger partial charge in [-0.3, -0.25) is 14.3 Å². The van der Waals surface area contributed by atoms with Crippen LogP contribution >= 0.6 is 0 Å². The molecule has 1 aromatic heterocycles. The van der Waals surface area contributed by atoms with E-state index in [0.29, 0.717) is 17.1 Å². The molecule has 6 heteroatoms. The molecule has 0 radical (unpaired) electrons. The van der Waals surface area contributed by atoms with E-state index in [4.69, 9.17) is 0 Å². The van der Waals surface area contributed by atoms with Gasteiger partial charge in [-0.05, 0) is 22.9 Å². The Morgan fingerprint density at radius 1 is 0.688 bits per heavy atom. The highest BCUT2D eigenvalue weighted by molar-refractivity contribution is 6.11. The number of rotatable bonds is 4. The molecule has 0 spiro atoms. The minimum atomic E-state index is -0.374. The number of anilines is 2. The average molecular weight is 420 g/mol. The highest BCUT2D eigenvalue weighted by atomic mass is 16.2. The van der Waals surface area contributed by atoms with Crippen LogP contribution in [0.25, 0.3) is 21.5 Å². The van der Waals surface area contributed by atoms with Gasteiger partial charge in [-0.2, -0.15) is 5.10 Å². The number of nitrogens with zero attached hydrogens (tertiary/aromatic N) is 2. The molecule has 0 saturated heterocycles. The summed E-state index contributed by atoms with van der Waals surface area (Å²) in [5.74, 6) is -0.707. The van der Waals surface area contributed by atoms with E-state index in [2.05, 4.69) is 15.7 Å². The van der Waals surface area contributed by atoms with Crippen LogP contribution in [0.1, 0.15) is 21.0 Å². The number of hydrogen-bond donors (Lipinski definition) is 2. The third-order valence-corrected chi connectivity index (χ3v) is 5.42. The molecule has 0 aliphatic carbocycles. The number of hydrogen-bond acceptors (Lipinski definition) is 3. The minimum Gasteiger partial charge on any atom is -0.320 e. The van der Waals surface area contributed by atoms with E-state index in [1.54, 1.807) is 7.05 Å². The SMILES string of the molecule is Cn1nc(C(=O)Nc2cccc3ccccc23)cc1C(=O)Nc1cccc2ccccc12. The van der Waals surface area contributed by atoms with Crippen LogP contribution in [0.2, 0.25) is 0 Å². The van der Waals surface area contributed by atoms with E-state index in [-0.39, 0.29) is 17.5 Å². The smallest absolute Gasteiger partial charge is 0.276 e. The fourth-order valence-electron chi connectivity index (χ4n) is 3.83. The predicted octanol–water partition coefficient (Wildman–Crippen LogP) is 5.23. The molecule has 2 amide bonds. The Morgan fingerprint density at radius 2 is 1.19 bits per heavy atom. The number of benzene rings is 4. The van der Waals surface area contributed by atoms with Crippen LogP contribution in [0.15, 0.2) is 91.0 Å². The molecule has 6 nitrogen and oxygen atoms in total. The maximum absolute atomic E-state index is 12.9. The van der Waals surface area contributed by atoms with Crippen molar-refractivity contribution in [2.75, 3.05) is 10.6 Å². The molecular weight excluding hydrogens is 400 g/mol. The normalized spacial score (nSPS) is 10.9. The number of aryl methyl sites for hydroxylation is 1. The fraction of sp³-hybridized carbons (Fsp3) is 0.0385. The molecular formula is C26H20N4O2. The molecule has 0 aliphatic heterocycles. The van der Waals surface area contributed by atoms with Gasteiger partial charge in [0, 0.05) is 35.3 Å². The van der Waals surface area contributed by atoms with Crippen LogP contribution in [-0.2, 0) is 7.05 Å². The lowest BCUT2D eigenvalue weighted by Gasteiger charge is -2.08. The van der Waals surface area contributed by atoms with Gasteiger partial charge in [0.25, 0.3) is 11.8 Å². The predicted molar refractivity (Wildman–Crippen MR) is 127 cm³/mol. The summed E-state index contributed by atoms with van der Waals surface area (Å²) in [7, 11) is 1.65. The summed E-state index contributed by atoms with van der Waals surface area (Å²) in [6.45, 7) is 0. The summed E-state index contributed by atoms with van der Waals surface area (Å²) in [5, 5.41) is 14.0. The number of fused-ring (bicyclic) bond motifs is 2. The Morgan fingerprint density at radius 3 is 1.78 bits per heavy atom. The van der Waals surface area contributed by atoms with Crippen molar-refractivity contribution >= 4 is 44.7 Å². The van der Waals surface area contributed by atoms with Gasteiger partial charge in [0.2, 0.25) is 0 Å². The van der Waals surface area contributed by atoms with Crippen molar-refractivity contribution < 1.29 is 9.59 Å². The van der Waals surface area contributed by atoms with Crippen molar-refractivity contribution in [2.45, 2.75) is 0 Å². The second-order valence-corrected chi connectivity index (χ2v) is 7.50. The summed E-state index contributed by atoms with van der Waals surface area (Å²) in [6, 6.07) is 28.6. The second-order valence-electron chi connectivity index (χ2n) is 7.50. The molecule has 0 fully saturated rings. The van der Waals surface area contributed by atoms with Crippen LogP contribution in [0.4, 0.5) is 11.4 Å². The van der Waals surface area contributed by atoms with E-state index in [9.17, 15) is 9.59 Å². The average Bonchev–Trinajstić information content (AvgIpc) is 3.21. The molecule has 2 N–H and O–H groups in total. The first-order valence-electron chi connectivity index (χ1n) is 10.2. The van der Waals surface area contributed by atoms with Crippen LogP contribution in [0.5, 0.6) is 0 Å². The lowest BCUT2D eigenvalue weighted by atomic mass is 10.1. The summed E-state index contributed by atoms with van der Waals surface area (Å²) in [6.07, 6.45) is 0. The maximum atomic E-state index is 12.9. The van der Waals surface area contributed by atoms with Gasteiger partial charge in [0.05, 0.1) is 0 Å². The quantitative estimate of drug-likeness (QED) is 0.418. The van der Waals surface area contributed by atoms with Crippen molar-refractivity contribution in [1.82, 2.24) is 9.78 Å². The second kappa shape index (κ2) is 8.00. The van der Waals surface area contributed by atoms with Crippen LogP contribution < -0.4 is 10.6 Å². The standard InChI is InChI=1S/C26H20N4O2/c1-30-24(26(32)28-22-15-7-11-18-9-3-5-13-20(18)22)16-23(29-30)25(31)27-21-14-6-10-17-8-2-4-12-19(17)21/h2-16H,1H3,(H,27,31)(H,28,32). The summed E-state index contributed by atoms with van der Waals surface area (Å²) in [5.41, 5.74) is 1.86. The lowest BCUT2D eigenvalue weighted by Crippen LogP contribution is -2.16. The molecule has 0 bridgehead atoms. The molecule has 0 unspecified atom stereocenters. The Hall–Kier alpha value is -4.45. The van der Waals surface area contributed by atoms with Crippen molar-refractivity contribution in [3.05, 3.63) is 102 Å². The Bertz CT molecular complexity index is 1480. The van der Waals surface area contributed by atoms with Crippen molar-refractivity contribution in [3.63, 3.8) is 0 Å². The van der Waals surface area contributed by atoms with Crippen molar-refractivity contribution in [2.24, 2.45) is 7.05 Å². The number of carbonyl (C=O) groups excluding carboxylic acids is 2. The molecule has 5 rings (SSSR count). The molecule has 32 heavy (non-hydrogen) atoms. The lowest BCUT2D eigenvalue weighted by molar-refractivity contribution is 0.101. The highest BCUT2D eigenvalue weighted by Gasteiger charge is 2.19. The fourth-order valence-corrected chi connectivity index (χ4v) is 3.83. The monoisotopic (exact) mass is 420 g/mol. The van der Waals surface area contributed by atoms with Gasteiger partial charge in [-0.1, -0.05) is 72.8 Å². The Balaban J connectivity index is 1.39. The summed E-state index contributed by atoms with van der Waals surface area (Å²) < 4.78 is 1.42. The molecule has 0 aliphatic rings. The molecule has 0 atom stereocenters. The summed E-state index contributed by atoms with van der Waals surface area (Å²) >= 11 is 0. The zero-order chi connectivity index (χ0) is 22.1. The topological polar surface area (TPSA) is 76.0 Å². The number of amides is 2. The molecule has 0 saturated carbocycles. The largest absolute Gasteiger partial charge is 0.320 e. The van der Waals surface area contributed by atoms with E-state index >= 15 is 0 Å². The number of aromatic nitrogens is 2. The molecule has 4 aromatic carbocycles. The van der Waals surface area contributed by atoms with Crippen molar-refractivity contribution in [3.8, 4) is 0 Å². The zero-order valence-electron chi connectivity index (χ0n) is 17.4. The van der Waals surface area contributed by atoms with Gasteiger partial charge < -0.3 is 10.6 Å². The zero-order valence-corrected chi connectivity index (χ0v) is 17.4. The molecule has 5 aromatic rings. The van der Waals surface area contributed by atoms with Gasteiger partial charge in [0.1, 0.15) is 5.69 Å². The van der Waals surface area contributed by atoms with Gasteiger partial charge in [-0.15, -0.1) is 0 Å². The van der Waals surface area contributed by atoms with Gasteiger partial charge in [-0.25, -0.2) is 0 Å². The van der Waals surface area contributed by atoms with E-state index in [1.165, 1.54) is 10.7 Å². The van der Waals surface area contributed by atoms with Gasteiger partial charge >= 0.3 is 0 Å².